The fourth-order valence-electron chi connectivity index (χ4n) is 3.17. The molecule has 0 atom stereocenters. The van der Waals surface area contributed by atoms with Crippen molar-refractivity contribution in [1.82, 2.24) is 5.32 Å². The number of anilines is 1. The topological polar surface area (TPSA) is 75.7 Å². The van der Waals surface area contributed by atoms with Crippen LogP contribution in [0.1, 0.15) is 11.1 Å². The van der Waals surface area contributed by atoms with Crippen molar-refractivity contribution in [1.29, 1.82) is 0 Å². The van der Waals surface area contributed by atoms with Gasteiger partial charge < -0.3 is 4.74 Å². The number of benzene rings is 3. The first-order valence-electron chi connectivity index (χ1n) is 9.66. The summed E-state index contributed by atoms with van der Waals surface area (Å²) in [7, 11) is 0. The molecule has 6 nitrogen and oxygen atoms in total. The highest BCUT2D eigenvalue weighted by molar-refractivity contribution is 9.10. The number of imide groups is 2. The molecule has 166 valence electrons. The fourth-order valence-corrected chi connectivity index (χ4v) is 3.81. The van der Waals surface area contributed by atoms with Gasteiger partial charge in [-0.15, -0.1) is 0 Å². The number of halogens is 3. The Morgan fingerprint density at radius 1 is 0.970 bits per heavy atom. The molecule has 4 rings (SSSR count). The summed E-state index contributed by atoms with van der Waals surface area (Å²) in [6, 6.07) is 17.8. The third-order valence-corrected chi connectivity index (χ3v) is 5.93. The molecule has 3 aromatic rings. The predicted molar refractivity (Wildman–Crippen MR) is 130 cm³/mol. The summed E-state index contributed by atoms with van der Waals surface area (Å²) in [4.78, 5) is 38.9. The lowest BCUT2D eigenvalue weighted by Gasteiger charge is -2.26. The predicted octanol–water partition coefficient (Wildman–Crippen LogP) is 6.00. The Hall–Kier alpha value is -3.13. The lowest BCUT2D eigenvalue weighted by atomic mass is 10.1. The Labute approximate surface area is 207 Å². The largest absolute Gasteiger partial charge is 0.488 e. The van der Waals surface area contributed by atoms with Gasteiger partial charge in [0.25, 0.3) is 11.8 Å². The zero-order valence-electron chi connectivity index (χ0n) is 16.8. The zero-order valence-corrected chi connectivity index (χ0v) is 19.9. The molecule has 1 fully saturated rings. The van der Waals surface area contributed by atoms with E-state index in [1.807, 2.05) is 18.2 Å². The highest BCUT2D eigenvalue weighted by Crippen LogP contribution is 2.29. The van der Waals surface area contributed by atoms with Crippen LogP contribution in [0.5, 0.6) is 5.75 Å². The molecule has 0 bridgehead atoms. The quantitative estimate of drug-likeness (QED) is 0.315. The monoisotopic (exact) mass is 544 g/mol. The van der Waals surface area contributed by atoms with E-state index in [0.717, 1.165) is 14.9 Å². The van der Waals surface area contributed by atoms with Crippen molar-refractivity contribution in [2.75, 3.05) is 4.90 Å². The van der Waals surface area contributed by atoms with E-state index in [4.69, 9.17) is 27.9 Å². The van der Waals surface area contributed by atoms with Crippen molar-refractivity contribution in [3.63, 3.8) is 0 Å². The van der Waals surface area contributed by atoms with E-state index in [2.05, 4.69) is 21.2 Å². The summed E-state index contributed by atoms with van der Waals surface area (Å²) in [5.41, 5.74) is 1.26. The Bertz CT molecular complexity index is 1290. The second kappa shape index (κ2) is 9.79. The van der Waals surface area contributed by atoms with Crippen LogP contribution in [0.2, 0.25) is 10.0 Å². The minimum absolute atomic E-state index is 0.168. The van der Waals surface area contributed by atoms with Crippen LogP contribution in [-0.4, -0.2) is 17.8 Å². The van der Waals surface area contributed by atoms with E-state index in [0.29, 0.717) is 27.0 Å². The number of urea groups is 1. The molecule has 0 spiro atoms. The van der Waals surface area contributed by atoms with Crippen LogP contribution in [0.15, 0.2) is 76.8 Å². The van der Waals surface area contributed by atoms with Gasteiger partial charge >= 0.3 is 6.03 Å². The molecule has 4 amide bonds. The summed E-state index contributed by atoms with van der Waals surface area (Å²) in [6.45, 7) is 0.168. The summed E-state index contributed by atoms with van der Waals surface area (Å²) in [5.74, 6) is -1.18. The molecule has 33 heavy (non-hydrogen) atoms. The molecule has 1 aliphatic rings. The van der Waals surface area contributed by atoms with E-state index in [-0.39, 0.29) is 12.2 Å². The van der Waals surface area contributed by atoms with Crippen LogP contribution < -0.4 is 15.0 Å². The molecule has 1 heterocycles. The normalized spacial score (nSPS) is 15.1. The van der Waals surface area contributed by atoms with Crippen molar-refractivity contribution >= 4 is 68.7 Å². The molecular formula is C24H15BrCl2N2O4. The number of carbonyl (C=O) groups excluding carboxylic acids is 3. The maximum absolute atomic E-state index is 13.1. The number of ether oxygens (including phenoxy) is 1. The Balaban J connectivity index is 1.68. The van der Waals surface area contributed by atoms with Gasteiger partial charge in [0, 0.05) is 25.6 Å². The summed E-state index contributed by atoms with van der Waals surface area (Å²) < 4.78 is 6.68. The Morgan fingerprint density at radius 2 is 1.70 bits per heavy atom. The first-order chi connectivity index (χ1) is 15.8. The van der Waals surface area contributed by atoms with Gasteiger partial charge in [0.2, 0.25) is 0 Å². The minimum Gasteiger partial charge on any atom is -0.488 e. The van der Waals surface area contributed by atoms with Gasteiger partial charge in [-0.25, -0.2) is 9.69 Å². The highest BCUT2D eigenvalue weighted by Gasteiger charge is 2.37. The molecular weight excluding hydrogens is 531 g/mol. The molecule has 1 saturated heterocycles. The highest BCUT2D eigenvalue weighted by atomic mass is 79.9. The summed E-state index contributed by atoms with van der Waals surface area (Å²) >= 11 is 15.7. The van der Waals surface area contributed by atoms with E-state index in [9.17, 15) is 14.4 Å². The number of amides is 4. The van der Waals surface area contributed by atoms with Crippen LogP contribution in [-0.2, 0) is 16.2 Å². The van der Waals surface area contributed by atoms with Gasteiger partial charge in [-0.05, 0) is 54.6 Å². The van der Waals surface area contributed by atoms with E-state index >= 15 is 0 Å². The number of rotatable bonds is 5. The average Bonchev–Trinajstić information content (AvgIpc) is 2.78. The Morgan fingerprint density at radius 3 is 2.42 bits per heavy atom. The molecule has 1 N–H and O–H groups in total. The van der Waals surface area contributed by atoms with Crippen LogP contribution >= 0.6 is 39.1 Å². The van der Waals surface area contributed by atoms with Gasteiger partial charge in [-0.2, -0.15) is 0 Å². The molecule has 0 radical (unpaired) electrons. The Kier molecular flexibility index (Phi) is 6.83. The van der Waals surface area contributed by atoms with Crippen molar-refractivity contribution in [3.05, 3.63) is 97.9 Å². The maximum Gasteiger partial charge on any atom is 0.335 e. The molecule has 3 aromatic carbocycles. The number of barbiturate groups is 1. The van der Waals surface area contributed by atoms with E-state index in [1.165, 1.54) is 6.08 Å². The SMILES string of the molecule is O=C1NC(=O)N(c2ccc(Br)cc2)C(=O)/C1=C/c1cc(Cl)ccc1OCc1ccccc1Cl. The fraction of sp³-hybridized carbons (Fsp3) is 0.0417. The standard InChI is InChI=1S/C24H15BrCl2N2O4/c25-16-5-8-18(9-6-16)29-23(31)19(22(30)28-24(29)32)12-15-11-17(26)7-10-21(15)33-13-14-3-1-2-4-20(14)27/h1-12H,13H2,(H,28,30,32)/b19-12+. The summed E-state index contributed by atoms with van der Waals surface area (Å²) in [6.07, 6.45) is 1.35. The smallest absolute Gasteiger partial charge is 0.335 e. The van der Waals surface area contributed by atoms with Crippen molar-refractivity contribution in [3.8, 4) is 5.75 Å². The first kappa shape index (κ1) is 23.0. The number of hydrogen-bond acceptors (Lipinski definition) is 4. The van der Waals surface area contributed by atoms with Gasteiger partial charge in [0.05, 0.1) is 5.69 Å². The molecule has 1 aliphatic heterocycles. The average molecular weight is 546 g/mol. The number of nitrogens with one attached hydrogen (secondary N) is 1. The van der Waals surface area contributed by atoms with Crippen LogP contribution in [0.3, 0.4) is 0 Å². The molecule has 0 aromatic heterocycles. The third-order valence-electron chi connectivity index (χ3n) is 4.80. The maximum atomic E-state index is 13.1. The lowest BCUT2D eigenvalue weighted by Crippen LogP contribution is -2.54. The lowest BCUT2D eigenvalue weighted by molar-refractivity contribution is -0.122. The molecule has 0 aliphatic carbocycles. The van der Waals surface area contributed by atoms with Gasteiger partial charge in [-0.1, -0.05) is 57.3 Å². The number of carbonyl (C=O) groups is 3. The van der Waals surface area contributed by atoms with Crippen LogP contribution in [0, 0.1) is 0 Å². The second-order valence-corrected chi connectivity index (χ2v) is 8.76. The van der Waals surface area contributed by atoms with E-state index < -0.39 is 17.8 Å². The number of nitrogens with zero attached hydrogens (tertiary/aromatic N) is 1. The summed E-state index contributed by atoms with van der Waals surface area (Å²) in [5, 5.41) is 3.14. The second-order valence-electron chi connectivity index (χ2n) is 7.00. The molecule has 0 unspecified atom stereocenters. The van der Waals surface area contributed by atoms with Gasteiger partial charge in [0.15, 0.2) is 0 Å². The van der Waals surface area contributed by atoms with Gasteiger partial charge in [0.1, 0.15) is 17.9 Å². The van der Waals surface area contributed by atoms with Crippen LogP contribution in [0.4, 0.5) is 10.5 Å². The molecule has 9 heteroatoms. The first-order valence-corrected chi connectivity index (χ1v) is 11.2. The minimum atomic E-state index is -0.828. The van der Waals surface area contributed by atoms with Crippen molar-refractivity contribution in [2.24, 2.45) is 0 Å². The number of hydrogen-bond donors (Lipinski definition) is 1. The van der Waals surface area contributed by atoms with E-state index in [1.54, 1.807) is 48.5 Å². The third kappa shape index (κ3) is 5.11. The zero-order chi connectivity index (χ0) is 23.5. The van der Waals surface area contributed by atoms with Crippen LogP contribution in [0.25, 0.3) is 6.08 Å². The van der Waals surface area contributed by atoms with Crippen molar-refractivity contribution in [2.45, 2.75) is 6.61 Å². The molecule has 0 saturated carbocycles. The van der Waals surface area contributed by atoms with Gasteiger partial charge in [-0.3, -0.25) is 14.9 Å². The van der Waals surface area contributed by atoms with Crippen molar-refractivity contribution < 1.29 is 19.1 Å².